The van der Waals surface area contributed by atoms with Crippen molar-refractivity contribution in [2.75, 3.05) is 11.5 Å². The molecule has 0 N–H and O–H groups in total. The smallest absolute Gasteiger partial charge is 0.748 e. The third kappa shape index (κ3) is 24.8. The molecular formula is C5H11NaO3S2. The van der Waals surface area contributed by atoms with Gasteiger partial charge < -0.3 is 4.55 Å². The van der Waals surface area contributed by atoms with Crippen molar-refractivity contribution in [3.8, 4) is 0 Å². The Morgan fingerprint density at radius 2 is 1.73 bits per heavy atom. The molecular weight excluding hydrogens is 195 g/mol. The summed E-state index contributed by atoms with van der Waals surface area (Å²) in [6.07, 6.45) is 0.342. The van der Waals surface area contributed by atoms with E-state index in [9.17, 15) is 13.0 Å². The number of thiol groups is 1. The summed E-state index contributed by atoms with van der Waals surface area (Å²) in [4.78, 5) is 0. The second-order valence-corrected chi connectivity index (χ2v) is 3.31. The van der Waals surface area contributed by atoms with Crippen LogP contribution in [-0.4, -0.2) is 24.5 Å². The monoisotopic (exact) mass is 206 g/mol. The van der Waals surface area contributed by atoms with Gasteiger partial charge in [-0.25, -0.2) is 8.42 Å². The number of hydrogen-bond acceptors (Lipinski definition) is 4. The van der Waals surface area contributed by atoms with Crippen molar-refractivity contribution in [3.05, 3.63) is 13.2 Å². The van der Waals surface area contributed by atoms with Gasteiger partial charge in [-0.05, 0) is 12.2 Å². The Bertz CT molecular complexity index is 155. The summed E-state index contributed by atoms with van der Waals surface area (Å²) in [6, 6.07) is 0. The summed E-state index contributed by atoms with van der Waals surface area (Å²) in [7, 11) is -3.99. The van der Waals surface area contributed by atoms with Gasteiger partial charge >= 0.3 is 29.6 Å². The molecule has 0 radical (unpaired) electrons. The SMILES string of the molecule is C=C.O=S(=O)([O-])CCCS.[Na+]. The number of hydrogen-bond donors (Lipinski definition) is 1. The minimum atomic E-state index is -3.99. The Morgan fingerprint density at radius 3 is 1.82 bits per heavy atom. The Balaban J connectivity index is -0.000000196. The van der Waals surface area contributed by atoms with Crippen LogP contribution in [0.2, 0.25) is 0 Å². The fraction of sp³-hybridized carbons (Fsp3) is 0.600. The van der Waals surface area contributed by atoms with E-state index in [1.165, 1.54) is 0 Å². The average Bonchev–Trinajstić information content (AvgIpc) is 1.87. The fourth-order valence-corrected chi connectivity index (χ4v) is 1.11. The first-order valence-corrected chi connectivity index (χ1v) is 4.81. The van der Waals surface area contributed by atoms with E-state index in [2.05, 4.69) is 25.8 Å². The topological polar surface area (TPSA) is 57.2 Å². The molecule has 0 atom stereocenters. The van der Waals surface area contributed by atoms with Crippen molar-refractivity contribution in [1.82, 2.24) is 0 Å². The van der Waals surface area contributed by atoms with Crippen molar-refractivity contribution in [2.45, 2.75) is 6.42 Å². The summed E-state index contributed by atoms with van der Waals surface area (Å²) >= 11 is 3.73. The summed E-state index contributed by atoms with van der Waals surface area (Å²) in [5.41, 5.74) is 0. The quantitative estimate of drug-likeness (QED) is 0.244. The molecule has 0 spiro atoms. The maximum atomic E-state index is 9.80. The minimum absolute atomic E-state index is 0. The van der Waals surface area contributed by atoms with Crippen molar-refractivity contribution in [2.24, 2.45) is 0 Å². The van der Waals surface area contributed by atoms with Crippen LogP contribution in [0.1, 0.15) is 6.42 Å². The van der Waals surface area contributed by atoms with E-state index >= 15 is 0 Å². The molecule has 0 heterocycles. The Hall–Kier alpha value is 1.00. The molecule has 6 heteroatoms. The third-order valence-corrected chi connectivity index (χ3v) is 1.66. The van der Waals surface area contributed by atoms with Gasteiger partial charge in [-0.3, -0.25) is 0 Å². The standard InChI is InChI=1S/C3H8O3S2.C2H4.Na/c4-8(5,6)3-1-2-7;1-2;/h7H,1-3H2,(H,4,5,6);1-2H2;/q;;+1/p-1. The molecule has 0 amide bonds. The Labute approximate surface area is 95.7 Å². The normalized spacial score (nSPS) is 8.91. The van der Waals surface area contributed by atoms with Gasteiger partial charge in [0.25, 0.3) is 0 Å². The maximum absolute atomic E-state index is 9.80. The minimum Gasteiger partial charge on any atom is -0.748 e. The molecule has 0 unspecified atom stereocenters. The molecule has 0 bridgehead atoms. The fourth-order valence-electron chi connectivity index (χ4n) is 0.241. The second kappa shape index (κ2) is 11.0. The molecule has 0 aromatic heterocycles. The van der Waals surface area contributed by atoms with Crippen LogP contribution in [0, 0.1) is 0 Å². The first-order chi connectivity index (χ1) is 4.56. The molecule has 11 heavy (non-hydrogen) atoms. The predicted molar refractivity (Wildman–Crippen MR) is 44.3 cm³/mol. The molecule has 3 nitrogen and oxygen atoms in total. The molecule has 0 aliphatic carbocycles. The summed E-state index contributed by atoms with van der Waals surface area (Å²) in [5.74, 6) is 0.151. The van der Waals surface area contributed by atoms with Crippen LogP contribution in [0.4, 0.5) is 0 Å². The summed E-state index contributed by atoms with van der Waals surface area (Å²) in [6.45, 7) is 6.00. The van der Waals surface area contributed by atoms with E-state index in [-0.39, 0.29) is 35.3 Å². The Kier molecular flexibility index (Phi) is 17.9. The molecule has 0 fully saturated rings. The van der Waals surface area contributed by atoms with Gasteiger partial charge in [0.15, 0.2) is 0 Å². The summed E-state index contributed by atoms with van der Waals surface area (Å²) in [5, 5.41) is 0. The Morgan fingerprint density at radius 1 is 1.36 bits per heavy atom. The van der Waals surface area contributed by atoms with Gasteiger partial charge in [0.1, 0.15) is 0 Å². The molecule has 0 aliphatic rings. The molecule has 0 aliphatic heterocycles. The zero-order valence-electron chi connectivity index (χ0n) is 6.62. The molecule has 0 saturated carbocycles. The first kappa shape index (κ1) is 17.9. The van der Waals surface area contributed by atoms with Crippen molar-refractivity contribution < 1.29 is 42.5 Å². The van der Waals surface area contributed by atoms with Crippen molar-refractivity contribution in [3.63, 3.8) is 0 Å². The van der Waals surface area contributed by atoms with Gasteiger partial charge in [0.05, 0.1) is 10.1 Å². The molecule has 62 valence electrons. The van der Waals surface area contributed by atoms with Gasteiger partial charge in [-0.2, -0.15) is 12.6 Å². The maximum Gasteiger partial charge on any atom is 1.00 e. The van der Waals surface area contributed by atoms with Gasteiger partial charge in [-0.15, -0.1) is 13.2 Å². The van der Waals surface area contributed by atoms with E-state index in [4.69, 9.17) is 0 Å². The van der Waals surface area contributed by atoms with E-state index in [1.807, 2.05) is 0 Å². The van der Waals surface area contributed by atoms with Crippen LogP contribution in [0.3, 0.4) is 0 Å². The van der Waals surface area contributed by atoms with Crippen LogP contribution in [0.15, 0.2) is 13.2 Å². The van der Waals surface area contributed by atoms with Crippen molar-refractivity contribution >= 4 is 22.7 Å². The second-order valence-electron chi connectivity index (χ2n) is 1.34. The predicted octanol–water partition coefficient (Wildman–Crippen LogP) is -2.34. The molecule has 0 aromatic rings. The molecule has 0 saturated heterocycles. The average molecular weight is 206 g/mol. The first-order valence-electron chi connectivity index (χ1n) is 2.60. The van der Waals surface area contributed by atoms with Gasteiger partial charge in [0, 0.05) is 5.75 Å². The molecule has 0 rings (SSSR count). The number of rotatable bonds is 3. The van der Waals surface area contributed by atoms with E-state index in [0.717, 1.165) is 0 Å². The summed E-state index contributed by atoms with van der Waals surface area (Å²) < 4.78 is 29.4. The largest absolute Gasteiger partial charge is 1.00 e. The van der Waals surface area contributed by atoms with Crippen LogP contribution < -0.4 is 29.6 Å². The van der Waals surface area contributed by atoms with Gasteiger partial charge in [-0.1, -0.05) is 0 Å². The van der Waals surface area contributed by atoms with Crippen LogP contribution >= 0.6 is 12.6 Å². The van der Waals surface area contributed by atoms with Gasteiger partial charge in [0.2, 0.25) is 0 Å². The van der Waals surface area contributed by atoms with E-state index in [0.29, 0.717) is 12.2 Å². The van der Waals surface area contributed by atoms with Crippen LogP contribution in [-0.2, 0) is 10.1 Å². The van der Waals surface area contributed by atoms with Crippen molar-refractivity contribution in [1.29, 1.82) is 0 Å². The third-order valence-electron chi connectivity index (χ3n) is 0.552. The van der Waals surface area contributed by atoms with E-state index in [1.54, 1.807) is 0 Å². The zero-order valence-corrected chi connectivity index (χ0v) is 10.3. The van der Waals surface area contributed by atoms with Crippen LogP contribution in [0.5, 0.6) is 0 Å². The molecule has 0 aromatic carbocycles. The van der Waals surface area contributed by atoms with E-state index < -0.39 is 10.1 Å². The zero-order chi connectivity index (χ0) is 8.62. The van der Waals surface area contributed by atoms with Crippen LogP contribution in [0.25, 0.3) is 0 Å².